The molecule has 0 saturated carbocycles. The molecule has 0 bridgehead atoms. The minimum Gasteiger partial charge on any atom is -0.378 e. The van der Waals surface area contributed by atoms with Gasteiger partial charge in [-0.2, -0.15) is 0 Å². The molecule has 0 aliphatic rings. The van der Waals surface area contributed by atoms with E-state index in [4.69, 9.17) is 4.74 Å². The molecule has 0 amide bonds. The van der Waals surface area contributed by atoms with Gasteiger partial charge in [0.05, 0.1) is 23.6 Å². The highest BCUT2D eigenvalue weighted by molar-refractivity contribution is 6.03. The van der Waals surface area contributed by atoms with Gasteiger partial charge in [-0.15, -0.1) is 0 Å². The van der Waals surface area contributed by atoms with E-state index in [1.807, 2.05) is 0 Å². The molecule has 0 aromatic heterocycles. The summed E-state index contributed by atoms with van der Waals surface area (Å²) in [5.41, 5.74) is 0.216. The Hall–Kier alpha value is -2.14. The Morgan fingerprint density at radius 1 is 1.05 bits per heavy atom. The lowest BCUT2D eigenvalue weighted by Crippen LogP contribution is -2.13. The Morgan fingerprint density at radius 2 is 1.65 bits per heavy atom. The van der Waals surface area contributed by atoms with Crippen molar-refractivity contribution in [3.8, 4) is 0 Å². The van der Waals surface area contributed by atoms with Gasteiger partial charge in [0, 0.05) is 19.2 Å². The highest BCUT2D eigenvalue weighted by atomic mass is 19.1. The zero-order valence-electron chi connectivity index (χ0n) is 10.7. The average molecular weight is 279 g/mol. The van der Waals surface area contributed by atoms with Gasteiger partial charge in [0.25, 0.3) is 0 Å². The predicted molar refractivity (Wildman–Crippen MR) is 70.8 cm³/mol. The number of methoxy groups -OCH3 is 1. The van der Waals surface area contributed by atoms with Gasteiger partial charge >= 0.3 is 0 Å². The molecule has 0 unspecified atom stereocenters. The van der Waals surface area contributed by atoms with Crippen LogP contribution in [0.3, 0.4) is 0 Å². The van der Waals surface area contributed by atoms with E-state index >= 15 is 0 Å². The number of halogens is 3. The third kappa shape index (κ3) is 3.24. The van der Waals surface area contributed by atoms with Crippen LogP contribution in [-0.2, 0) is 4.74 Å². The fourth-order valence-corrected chi connectivity index (χ4v) is 1.77. The third-order valence-electron chi connectivity index (χ3n) is 2.60. The molecular formula is C15H12F3NO. The summed E-state index contributed by atoms with van der Waals surface area (Å²) in [6.07, 6.45) is 0. The van der Waals surface area contributed by atoms with E-state index in [9.17, 15) is 13.2 Å². The Bertz CT molecular complexity index is 603. The second-order valence-electron chi connectivity index (χ2n) is 4.07. The van der Waals surface area contributed by atoms with Crippen molar-refractivity contribution >= 4 is 11.4 Å². The first-order valence-electron chi connectivity index (χ1n) is 5.88. The Balaban J connectivity index is 2.52. The van der Waals surface area contributed by atoms with Crippen molar-refractivity contribution in [3.05, 3.63) is 65.5 Å². The number of nitrogens with zero attached hydrogens (tertiary/aromatic N) is 1. The molecule has 2 aromatic carbocycles. The van der Waals surface area contributed by atoms with E-state index in [-0.39, 0.29) is 17.9 Å². The Kier molecular flexibility index (Phi) is 4.53. The zero-order valence-corrected chi connectivity index (χ0v) is 10.7. The van der Waals surface area contributed by atoms with Crippen LogP contribution in [0.5, 0.6) is 0 Å². The van der Waals surface area contributed by atoms with Crippen molar-refractivity contribution in [2.75, 3.05) is 13.7 Å². The quantitative estimate of drug-likeness (QED) is 0.778. The van der Waals surface area contributed by atoms with Crippen LogP contribution in [0, 0.1) is 17.5 Å². The van der Waals surface area contributed by atoms with Crippen LogP contribution >= 0.6 is 0 Å². The number of hydrogen-bond acceptors (Lipinski definition) is 2. The molecular weight excluding hydrogens is 267 g/mol. The second-order valence-corrected chi connectivity index (χ2v) is 4.07. The number of para-hydroxylation sites is 1. The van der Waals surface area contributed by atoms with Crippen LogP contribution in [0.25, 0.3) is 0 Å². The minimum atomic E-state index is -1.01. The number of rotatable bonds is 4. The van der Waals surface area contributed by atoms with Crippen LogP contribution in [-0.4, -0.2) is 19.4 Å². The molecule has 0 N–H and O–H groups in total. The first-order valence-corrected chi connectivity index (χ1v) is 5.88. The van der Waals surface area contributed by atoms with Crippen molar-refractivity contribution in [2.45, 2.75) is 0 Å². The van der Waals surface area contributed by atoms with Crippen molar-refractivity contribution in [1.29, 1.82) is 0 Å². The second kappa shape index (κ2) is 6.34. The highest BCUT2D eigenvalue weighted by Gasteiger charge is 2.17. The van der Waals surface area contributed by atoms with Gasteiger partial charge in [0.15, 0.2) is 0 Å². The lowest BCUT2D eigenvalue weighted by atomic mass is 10.1. The summed E-state index contributed by atoms with van der Waals surface area (Å²) in [5, 5.41) is 0. The predicted octanol–water partition coefficient (Wildman–Crippen LogP) is 3.87. The minimum absolute atomic E-state index is 0.0636. The highest BCUT2D eigenvalue weighted by Crippen LogP contribution is 2.19. The fourth-order valence-electron chi connectivity index (χ4n) is 1.77. The fraction of sp³-hybridized carbons (Fsp3) is 0.133. The summed E-state index contributed by atoms with van der Waals surface area (Å²) in [5.74, 6) is -2.98. The van der Waals surface area contributed by atoms with E-state index in [1.165, 1.54) is 7.11 Å². The molecule has 5 heteroatoms. The van der Waals surface area contributed by atoms with Crippen LogP contribution in [0.1, 0.15) is 5.56 Å². The first kappa shape index (κ1) is 14.3. The van der Waals surface area contributed by atoms with Gasteiger partial charge in [-0.3, -0.25) is 4.99 Å². The molecule has 0 heterocycles. The van der Waals surface area contributed by atoms with E-state index in [1.54, 1.807) is 30.3 Å². The van der Waals surface area contributed by atoms with Crippen molar-refractivity contribution in [2.24, 2.45) is 4.99 Å². The van der Waals surface area contributed by atoms with Gasteiger partial charge in [-0.05, 0) is 12.1 Å². The molecule has 20 heavy (non-hydrogen) atoms. The number of ether oxygens (including phenoxy) is 1. The summed E-state index contributed by atoms with van der Waals surface area (Å²) in [7, 11) is 1.39. The van der Waals surface area contributed by atoms with Gasteiger partial charge in [0.1, 0.15) is 17.5 Å². The molecule has 0 atom stereocenters. The van der Waals surface area contributed by atoms with Crippen molar-refractivity contribution in [1.82, 2.24) is 0 Å². The van der Waals surface area contributed by atoms with Crippen LogP contribution in [0.4, 0.5) is 18.9 Å². The lowest BCUT2D eigenvalue weighted by molar-refractivity contribution is 0.245. The Morgan fingerprint density at radius 3 is 2.20 bits per heavy atom. The van der Waals surface area contributed by atoms with Crippen LogP contribution < -0.4 is 0 Å². The van der Waals surface area contributed by atoms with E-state index in [0.717, 1.165) is 0 Å². The SMILES string of the molecule is COCC(=Nc1ccccc1)c1c(F)cc(F)cc1F. The maximum Gasteiger partial charge on any atom is 0.138 e. The van der Waals surface area contributed by atoms with E-state index in [2.05, 4.69) is 4.99 Å². The van der Waals surface area contributed by atoms with Crippen LogP contribution in [0.15, 0.2) is 47.5 Å². The molecule has 2 rings (SSSR count). The topological polar surface area (TPSA) is 21.6 Å². The monoisotopic (exact) mass is 279 g/mol. The standard InChI is InChI=1S/C15H12F3NO/c1-20-9-14(19-11-5-3-2-4-6-11)15-12(17)7-10(16)8-13(15)18/h2-8H,9H2,1H3. The molecule has 0 spiro atoms. The molecule has 0 fully saturated rings. The van der Waals surface area contributed by atoms with Gasteiger partial charge in [0.2, 0.25) is 0 Å². The van der Waals surface area contributed by atoms with Crippen molar-refractivity contribution < 1.29 is 17.9 Å². The summed E-state index contributed by atoms with van der Waals surface area (Å²) in [4.78, 5) is 4.16. The normalized spacial score (nSPS) is 11.7. The van der Waals surface area contributed by atoms with Gasteiger partial charge in [-0.25, -0.2) is 13.2 Å². The Labute approximate surface area is 114 Å². The molecule has 0 aliphatic carbocycles. The zero-order chi connectivity index (χ0) is 14.5. The maximum atomic E-state index is 13.8. The third-order valence-corrected chi connectivity index (χ3v) is 2.60. The molecule has 0 aliphatic heterocycles. The largest absolute Gasteiger partial charge is 0.378 e. The molecule has 0 saturated heterocycles. The number of hydrogen-bond donors (Lipinski definition) is 0. The maximum absolute atomic E-state index is 13.8. The van der Waals surface area contributed by atoms with E-state index < -0.39 is 17.5 Å². The molecule has 2 aromatic rings. The molecule has 0 radical (unpaired) electrons. The average Bonchev–Trinajstić information content (AvgIpc) is 2.39. The van der Waals surface area contributed by atoms with Crippen LogP contribution in [0.2, 0.25) is 0 Å². The van der Waals surface area contributed by atoms with Gasteiger partial charge < -0.3 is 4.74 Å². The molecule has 104 valence electrons. The smallest absolute Gasteiger partial charge is 0.138 e. The summed E-state index contributed by atoms with van der Waals surface area (Å²) >= 11 is 0. The summed E-state index contributed by atoms with van der Waals surface area (Å²) in [6, 6.07) is 9.92. The molecule has 2 nitrogen and oxygen atoms in total. The lowest BCUT2D eigenvalue weighted by Gasteiger charge is -2.09. The first-order chi connectivity index (χ1) is 9.61. The number of benzene rings is 2. The summed E-state index contributed by atoms with van der Waals surface area (Å²) in [6.45, 7) is -0.0889. The van der Waals surface area contributed by atoms with Crippen molar-refractivity contribution in [3.63, 3.8) is 0 Å². The number of aliphatic imine (C=N–C) groups is 1. The van der Waals surface area contributed by atoms with Gasteiger partial charge in [-0.1, -0.05) is 18.2 Å². The van der Waals surface area contributed by atoms with E-state index in [0.29, 0.717) is 17.8 Å². The summed E-state index contributed by atoms with van der Waals surface area (Å²) < 4.78 is 45.4.